The van der Waals surface area contributed by atoms with Crippen LogP contribution in [0.5, 0.6) is 0 Å². The molecule has 58 valence electrons. The van der Waals surface area contributed by atoms with Gasteiger partial charge in [0.15, 0.2) is 0 Å². The lowest BCUT2D eigenvalue weighted by molar-refractivity contribution is 0.127. The van der Waals surface area contributed by atoms with E-state index < -0.39 is 0 Å². The van der Waals surface area contributed by atoms with Gasteiger partial charge in [0, 0.05) is 0 Å². The van der Waals surface area contributed by atoms with Gasteiger partial charge in [-0.1, -0.05) is 30.3 Å². The van der Waals surface area contributed by atoms with Crippen molar-refractivity contribution in [3.05, 3.63) is 35.9 Å². The first-order valence-electron chi connectivity index (χ1n) is 3.66. The standard InChI is InChI=1S/C9H11NO/c10-6-7-11-8-9-4-2-1-3-5-9/h1-5H,6-8H2. The molecule has 0 aromatic heterocycles. The highest BCUT2D eigenvalue weighted by atomic mass is 16.5. The predicted molar refractivity (Wildman–Crippen MR) is 43.1 cm³/mol. The monoisotopic (exact) mass is 149 g/mol. The summed E-state index contributed by atoms with van der Waals surface area (Å²) in [7, 11) is 0. The molecule has 1 aromatic rings. The van der Waals surface area contributed by atoms with Gasteiger partial charge in [-0.25, -0.2) is 0 Å². The van der Waals surface area contributed by atoms with Gasteiger partial charge in [0.1, 0.15) is 0 Å². The molecule has 1 rings (SSSR count). The molecule has 0 N–H and O–H groups in total. The van der Waals surface area contributed by atoms with Crippen molar-refractivity contribution < 1.29 is 4.74 Å². The Bertz CT molecular complexity index is 186. The Kier molecular flexibility index (Phi) is 3.65. The van der Waals surface area contributed by atoms with E-state index in [1.54, 1.807) is 0 Å². The molecule has 1 aromatic carbocycles. The molecular formula is C9H11NO. The van der Waals surface area contributed by atoms with Crippen LogP contribution in [0.4, 0.5) is 0 Å². The second-order valence-electron chi connectivity index (χ2n) is 2.26. The van der Waals surface area contributed by atoms with E-state index in [0.29, 0.717) is 13.2 Å². The second kappa shape index (κ2) is 4.88. The first-order chi connectivity index (χ1) is 5.43. The first kappa shape index (κ1) is 8.24. The van der Waals surface area contributed by atoms with Crippen LogP contribution in [0.3, 0.4) is 0 Å². The quantitative estimate of drug-likeness (QED) is 0.593. The number of benzene rings is 1. The van der Waals surface area contributed by atoms with E-state index in [1.165, 1.54) is 0 Å². The van der Waals surface area contributed by atoms with Crippen molar-refractivity contribution in [2.45, 2.75) is 6.61 Å². The molecule has 0 spiro atoms. The van der Waals surface area contributed by atoms with Gasteiger partial charge in [0.05, 0.1) is 19.8 Å². The minimum Gasteiger partial charge on any atom is -0.375 e. The van der Waals surface area contributed by atoms with Crippen LogP contribution in [-0.4, -0.2) is 13.2 Å². The van der Waals surface area contributed by atoms with Crippen molar-refractivity contribution in [3.8, 4) is 0 Å². The number of hydrogen-bond donors (Lipinski definition) is 0. The third-order valence-corrected chi connectivity index (χ3v) is 1.35. The second-order valence-corrected chi connectivity index (χ2v) is 2.26. The van der Waals surface area contributed by atoms with Gasteiger partial charge in [-0.15, -0.1) is 5.73 Å². The summed E-state index contributed by atoms with van der Waals surface area (Å²) < 4.78 is 5.12. The molecule has 2 nitrogen and oxygen atoms in total. The molecular weight excluding hydrogens is 138 g/mol. The Morgan fingerprint density at radius 2 is 1.91 bits per heavy atom. The van der Waals surface area contributed by atoms with Crippen LogP contribution in [0.25, 0.3) is 0 Å². The molecule has 11 heavy (non-hydrogen) atoms. The molecule has 0 saturated heterocycles. The van der Waals surface area contributed by atoms with Gasteiger partial charge < -0.3 is 4.74 Å². The highest BCUT2D eigenvalue weighted by Crippen LogP contribution is 1.99. The number of ether oxygens (including phenoxy) is 1. The lowest BCUT2D eigenvalue weighted by Crippen LogP contribution is -2.00. The topological polar surface area (TPSA) is 31.5 Å². The molecule has 0 amide bonds. The smallest absolute Gasteiger partial charge is 0.0717 e. The van der Waals surface area contributed by atoms with E-state index in [0.717, 1.165) is 5.56 Å². The summed E-state index contributed by atoms with van der Waals surface area (Å²) in [6, 6.07) is 9.90. The number of nitrogens with zero attached hydrogens (tertiary/aromatic N) is 1. The molecule has 0 bridgehead atoms. The van der Waals surface area contributed by atoms with Gasteiger partial charge in [-0.2, -0.15) is 0 Å². The summed E-state index contributed by atoms with van der Waals surface area (Å²) in [6.07, 6.45) is 0. The van der Waals surface area contributed by atoms with E-state index in [-0.39, 0.29) is 6.54 Å². The third-order valence-electron chi connectivity index (χ3n) is 1.35. The van der Waals surface area contributed by atoms with Crippen molar-refractivity contribution >= 4 is 0 Å². The molecule has 0 aliphatic rings. The van der Waals surface area contributed by atoms with Gasteiger partial charge in [0.25, 0.3) is 0 Å². The van der Waals surface area contributed by atoms with Crippen LogP contribution < -0.4 is 5.73 Å². The van der Waals surface area contributed by atoms with Crippen LogP contribution in [0.1, 0.15) is 5.56 Å². The summed E-state index contributed by atoms with van der Waals surface area (Å²) in [5.74, 6) is 0. The van der Waals surface area contributed by atoms with E-state index in [4.69, 9.17) is 10.5 Å². The fourth-order valence-electron chi connectivity index (χ4n) is 0.829. The third kappa shape index (κ3) is 3.16. The van der Waals surface area contributed by atoms with Crippen LogP contribution in [0, 0.1) is 0 Å². The SMILES string of the molecule is [N]CCOCc1ccccc1. The maximum Gasteiger partial charge on any atom is 0.0717 e. The first-order valence-corrected chi connectivity index (χ1v) is 3.66. The molecule has 0 atom stereocenters. The Hall–Kier alpha value is -0.860. The normalized spacial score (nSPS) is 9.91. The van der Waals surface area contributed by atoms with Gasteiger partial charge in [0.2, 0.25) is 0 Å². The Morgan fingerprint density at radius 1 is 1.18 bits per heavy atom. The van der Waals surface area contributed by atoms with E-state index >= 15 is 0 Å². The minimum atomic E-state index is 0.0901. The summed E-state index contributed by atoms with van der Waals surface area (Å²) in [5, 5.41) is 0. The fourth-order valence-corrected chi connectivity index (χ4v) is 0.829. The molecule has 0 aliphatic carbocycles. The van der Waals surface area contributed by atoms with Crippen LogP contribution in [0.15, 0.2) is 30.3 Å². The average Bonchev–Trinajstić information content (AvgIpc) is 2.07. The molecule has 0 fully saturated rings. The van der Waals surface area contributed by atoms with Crippen LogP contribution in [-0.2, 0) is 11.3 Å². The highest BCUT2D eigenvalue weighted by Gasteiger charge is 1.89. The molecule has 0 aliphatic heterocycles. The maximum absolute atomic E-state index is 8.42. The largest absolute Gasteiger partial charge is 0.375 e. The highest BCUT2D eigenvalue weighted by molar-refractivity contribution is 5.13. The van der Waals surface area contributed by atoms with Gasteiger partial charge >= 0.3 is 0 Å². The van der Waals surface area contributed by atoms with Crippen molar-refractivity contribution in [3.63, 3.8) is 0 Å². The van der Waals surface area contributed by atoms with Crippen molar-refractivity contribution in [2.75, 3.05) is 13.2 Å². The Balaban J connectivity index is 2.28. The molecule has 2 radical (unpaired) electrons. The maximum atomic E-state index is 8.42. The molecule has 0 saturated carbocycles. The minimum absolute atomic E-state index is 0.0901. The molecule has 0 unspecified atom stereocenters. The van der Waals surface area contributed by atoms with E-state index in [1.807, 2.05) is 30.3 Å². The van der Waals surface area contributed by atoms with Crippen molar-refractivity contribution in [1.82, 2.24) is 5.73 Å². The summed E-state index contributed by atoms with van der Waals surface area (Å²) in [4.78, 5) is 0. The Labute approximate surface area is 67.0 Å². The van der Waals surface area contributed by atoms with Gasteiger partial charge in [-0.3, -0.25) is 0 Å². The lowest BCUT2D eigenvalue weighted by Gasteiger charge is -2.00. The zero-order chi connectivity index (χ0) is 7.94. The van der Waals surface area contributed by atoms with E-state index in [2.05, 4.69) is 0 Å². The lowest BCUT2D eigenvalue weighted by atomic mass is 10.2. The Morgan fingerprint density at radius 3 is 2.55 bits per heavy atom. The predicted octanol–water partition coefficient (Wildman–Crippen LogP) is 1.27. The van der Waals surface area contributed by atoms with Crippen molar-refractivity contribution in [1.29, 1.82) is 0 Å². The number of rotatable bonds is 4. The zero-order valence-electron chi connectivity index (χ0n) is 6.36. The van der Waals surface area contributed by atoms with Crippen molar-refractivity contribution in [2.24, 2.45) is 0 Å². The van der Waals surface area contributed by atoms with Crippen LogP contribution >= 0.6 is 0 Å². The summed E-state index contributed by atoms with van der Waals surface area (Å²) in [6.45, 7) is 1.09. The fraction of sp³-hybridized carbons (Fsp3) is 0.333. The number of hydrogen-bond acceptors (Lipinski definition) is 1. The van der Waals surface area contributed by atoms with Gasteiger partial charge in [-0.05, 0) is 5.56 Å². The van der Waals surface area contributed by atoms with E-state index in [9.17, 15) is 0 Å². The average molecular weight is 149 g/mol. The molecule has 2 heteroatoms. The van der Waals surface area contributed by atoms with Crippen LogP contribution in [0.2, 0.25) is 0 Å². The zero-order valence-corrected chi connectivity index (χ0v) is 6.36. The summed E-state index contributed by atoms with van der Waals surface area (Å²) >= 11 is 0. The molecule has 0 heterocycles. The summed E-state index contributed by atoms with van der Waals surface area (Å²) in [5.41, 5.74) is 9.56.